The van der Waals surface area contributed by atoms with Gasteiger partial charge in [-0.3, -0.25) is 9.97 Å². The van der Waals surface area contributed by atoms with Gasteiger partial charge < -0.3 is 4.42 Å². The third-order valence-electron chi connectivity index (χ3n) is 6.70. The van der Waals surface area contributed by atoms with Gasteiger partial charge in [0.05, 0.1) is 0 Å². The maximum absolute atomic E-state index is 6.14. The van der Waals surface area contributed by atoms with Crippen LogP contribution in [-0.4, -0.2) is 15.0 Å². The standard InChI is InChI=1S/C33H21N3O/c1-2-8-29-28(7-1)27(11-12-30(29)33-36-31-9-3-4-10-32(31)37-33)26-19-24(22-13-16-34-17-14-22)18-25(20-26)23-6-5-15-35-21-23/h1-21H. The highest BCUT2D eigenvalue weighted by atomic mass is 16.3. The Bertz CT molecular complexity index is 1780. The molecule has 0 unspecified atom stereocenters. The fraction of sp³-hybridized carbons (Fsp3) is 0. The first kappa shape index (κ1) is 21.2. The Morgan fingerprint density at radius 2 is 1.19 bits per heavy atom. The van der Waals surface area contributed by atoms with E-state index in [4.69, 9.17) is 9.40 Å². The molecule has 174 valence electrons. The van der Waals surface area contributed by atoms with Crippen molar-refractivity contribution in [2.45, 2.75) is 0 Å². The SMILES string of the molecule is c1cncc(-c2cc(-c3ccncc3)cc(-c3ccc(-c4nc5ccccc5o4)c4ccccc34)c2)c1. The van der Waals surface area contributed by atoms with Crippen LogP contribution in [0.1, 0.15) is 0 Å². The molecule has 0 aliphatic heterocycles. The van der Waals surface area contributed by atoms with Crippen LogP contribution in [-0.2, 0) is 0 Å². The number of oxazole rings is 1. The van der Waals surface area contributed by atoms with Crippen LogP contribution in [0.25, 0.3) is 66.7 Å². The second kappa shape index (κ2) is 8.85. The Morgan fingerprint density at radius 1 is 0.486 bits per heavy atom. The average Bonchev–Trinajstić information content (AvgIpc) is 3.41. The van der Waals surface area contributed by atoms with Crippen molar-refractivity contribution in [3.63, 3.8) is 0 Å². The normalized spacial score (nSPS) is 11.2. The number of pyridine rings is 2. The number of rotatable bonds is 4. The van der Waals surface area contributed by atoms with Crippen molar-refractivity contribution in [3.05, 3.63) is 128 Å². The Hall–Kier alpha value is -5.09. The molecule has 4 nitrogen and oxygen atoms in total. The van der Waals surface area contributed by atoms with Gasteiger partial charge in [0.25, 0.3) is 0 Å². The van der Waals surface area contributed by atoms with Crippen molar-refractivity contribution < 1.29 is 4.42 Å². The van der Waals surface area contributed by atoms with Crippen molar-refractivity contribution in [2.24, 2.45) is 0 Å². The van der Waals surface area contributed by atoms with E-state index in [-0.39, 0.29) is 0 Å². The monoisotopic (exact) mass is 475 g/mol. The maximum atomic E-state index is 6.14. The molecule has 0 spiro atoms. The number of para-hydroxylation sites is 2. The summed E-state index contributed by atoms with van der Waals surface area (Å²) in [5.41, 5.74) is 9.35. The fourth-order valence-corrected chi connectivity index (χ4v) is 4.92. The van der Waals surface area contributed by atoms with Crippen LogP contribution in [0.5, 0.6) is 0 Å². The van der Waals surface area contributed by atoms with Gasteiger partial charge in [-0.1, -0.05) is 48.5 Å². The molecule has 0 saturated heterocycles. The molecule has 3 heterocycles. The van der Waals surface area contributed by atoms with E-state index in [9.17, 15) is 0 Å². The summed E-state index contributed by atoms with van der Waals surface area (Å²) in [6, 6.07) is 35.5. The van der Waals surface area contributed by atoms with Gasteiger partial charge in [0.2, 0.25) is 5.89 Å². The van der Waals surface area contributed by atoms with Gasteiger partial charge >= 0.3 is 0 Å². The summed E-state index contributed by atoms with van der Waals surface area (Å²) >= 11 is 0. The van der Waals surface area contributed by atoms with Gasteiger partial charge in [0.15, 0.2) is 5.58 Å². The van der Waals surface area contributed by atoms with Gasteiger partial charge in [-0.05, 0) is 93.2 Å². The zero-order valence-corrected chi connectivity index (χ0v) is 19.9. The number of benzene rings is 4. The lowest BCUT2D eigenvalue weighted by atomic mass is 9.90. The van der Waals surface area contributed by atoms with E-state index in [1.807, 2.05) is 61.1 Å². The minimum atomic E-state index is 0.630. The first-order valence-electron chi connectivity index (χ1n) is 12.2. The fourth-order valence-electron chi connectivity index (χ4n) is 4.92. The second-order valence-corrected chi connectivity index (χ2v) is 8.97. The highest BCUT2D eigenvalue weighted by molar-refractivity contribution is 6.05. The average molecular weight is 476 g/mol. The first-order chi connectivity index (χ1) is 18.3. The van der Waals surface area contributed by atoms with Crippen molar-refractivity contribution >= 4 is 21.9 Å². The van der Waals surface area contributed by atoms with E-state index in [1.54, 1.807) is 6.20 Å². The highest BCUT2D eigenvalue weighted by Crippen LogP contribution is 2.39. The Balaban J connectivity index is 1.45. The number of fused-ring (bicyclic) bond motifs is 2. The molecule has 4 aromatic carbocycles. The zero-order chi connectivity index (χ0) is 24.6. The lowest BCUT2D eigenvalue weighted by Crippen LogP contribution is -1.89. The van der Waals surface area contributed by atoms with Crippen molar-refractivity contribution in [3.8, 4) is 44.8 Å². The van der Waals surface area contributed by atoms with E-state index in [0.29, 0.717) is 5.89 Å². The largest absolute Gasteiger partial charge is 0.436 e. The van der Waals surface area contributed by atoms with Gasteiger partial charge in [-0.2, -0.15) is 0 Å². The molecule has 0 radical (unpaired) electrons. The number of nitrogens with zero attached hydrogens (tertiary/aromatic N) is 3. The topological polar surface area (TPSA) is 51.8 Å². The van der Waals surface area contributed by atoms with Crippen LogP contribution in [0.2, 0.25) is 0 Å². The minimum absolute atomic E-state index is 0.630. The predicted octanol–water partition coefficient (Wildman–Crippen LogP) is 8.44. The van der Waals surface area contributed by atoms with E-state index in [0.717, 1.165) is 60.8 Å². The molecule has 0 saturated carbocycles. The third-order valence-corrected chi connectivity index (χ3v) is 6.70. The molecule has 0 fully saturated rings. The zero-order valence-electron chi connectivity index (χ0n) is 19.9. The predicted molar refractivity (Wildman–Crippen MR) is 149 cm³/mol. The molecule has 0 N–H and O–H groups in total. The van der Waals surface area contributed by atoms with Gasteiger partial charge in [-0.25, -0.2) is 4.98 Å². The second-order valence-electron chi connectivity index (χ2n) is 8.97. The van der Waals surface area contributed by atoms with Crippen LogP contribution < -0.4 is 0 Å². The van der Waals surface area contributed by atoms with Gasteiger partial charge in [-0.15, -0.1) is 0 Å². The molecular weight excluding hydrogens is 454 g/mol. The quantitative estimate of drug-likeness (QED) is 0.256. The van der Waals surface area contributed by atoms with E-state index in [2.05, 4.69) is 70.6 Å². The summed E-state index contributed by atoms with van der Waals surface area (Å²) < 4.78 is 6.14. The van der Waals surface area contributed by atoms with Crippen LogP contribution in [0.3, 0.4) is 0 Å². The van der Waals surface area contributed by atoms with Crippen LogP contribution in [0, 0.1) is 0 Å². The summed E-state index contributed by atoms with van der Waals surface area (Å²) in [4.78, 5) is 13.3. The Kier molecular flexibility index (Phi) is 5.07. The smallest absolute Gasteiger partial charge is 0.227 e. The van der Waals surface area contributed by atoms with Gasteiger partial charge in [0, 0.05) is 35.9 Å². The molecule has 0 aliphatic carbocycles. The van der Waals surface area contributed by atoms with Crippen LogP contribution in [0.15, 0.2) is 132 Å². The summed E-state index contributed by atoms with van der Waals surface area (Å²) in [5, 5.41) is 2.25. The lowest BCUT2D eigenvalue weighted by Gasteiger charge is -2.14. The maximum Gasteiger partial charge on any atom is 0.227 e. The molecule has 0 amide bonds. The molecule has 3 aromatic heterocycles. The molecule has 7 aromatic rings. The summed E-state index contributed by atoms with van der Waals surface area (Å²) in [5.74, 6) is 0.630. The van der Waals surface area contributed by atoms with Crippen molar-refractivity contribution in [1.82, 2.24) is 15.0 Å². The third kappa shape index (κ3) is 3.85. The molecule has 7 rings (SSSR count). The molecule has 4 heteroatoms. The first-order valence-corrected chi connectivity index (χ1v) is 12.2. The minimum Gasteiger partial charge on any atom is -0.436 e. The van der Waals surface area contributed by atoms with E-state index in [1.165, 1.54) is 0 Å². The Labute approximate surface area is 213 Å². The highest BCUT2D eigenvalue weighted by Gasteiger charge is 2.15. The van der Waals surface area contributed by atoms with Crippen molar-refractivity contribution in [2.75, 3.05) is 0 Å². The molecule has 0 bridgehead atoms. The van der Waals surface area contributed by atoms with Crippen LogP contribution in [0.4, 0.5) is 0 Å². The number of hydrogen-bond donors (Lipinski definition) is 0. The van der Waals surface area contributed by atoms with E-state index >= 15 is 0 Å². The molecule has 37 heavy (non-hydrogen) atoms. The summed E-state index contributed by atoms with van der Waals surface area (Å²) in [6.45, 7) is 0. The van der Waals surface area contributed by atoms with Crippen molar-refractivity contribution in [1.29, 1.82) is 0 Å². The van der Waals surface area contributed by atoms with Crippen LogP contribution >= 0.6 is 0 Å². The summed E-state index contributed by atoms with van der Waals surface area (Å²) in [6.07, 6.45) is 7.37. The Morgan fingerprint density at radius 3 is 1.97 bits per heavy atom. The molecule has 0 aliphatic rings. The number of hydrogen-bond acceptors (Lipinski definition) is 4. The molecule has 0 atom stereocenters. The lowest BCUT2D eigenvalue weighted by molar-refractivity contribution is 0.620. The van der Waals surface area contributed by atoms with E-state index < -0.39 is 0 Å². The number of aromatic nitrogens is 3. The molecular formula is C33H21N3O. The summed E-state index contributed by atoms with van der Waals surface area (Å²) in [7, 11) is 0. The van der Waals surface area contributed by atoms with Gasteiger partial charge in [0.1, 0.15) is 5.52 Å².